The lowest BCUT2D eigenvalue weighted by Crippen LogP contribution is -2.48. The largest absolute Gasteiger partial charge is 0.497 e. The summed E-state index contributed by atoms with van der Waals surface area (Å²) in [6.45, 7) is 6.72. The van der Waals surface area contributed by atoms with Gasteiger partial charge in [0.05, 0.1) is 20.3 Å². The number of methoxy groups -OCH3 is 2. The number of piperazine rings is 1. The van der Waals surface area contributed by atoms with Gasteiger partial charge in [-0.05, 0) is 74.0 Å². The van der Waals surface area contributed by atoms with Crippen molar-refractivity contribution in [2.24, 2.45) is 0 Å². The molecule has 0 saturated carbocycles. The van der Waals surface area contributed by atoms with Crippen molar-refractivity contribution in [3.63, 3.8) is 0 Å². The lowest BCUT2D eigenvalue weighted by molar-refractivity contribution is 0.0746. The zero-order chi connectivity index (χ0) is 27.1. The standard InChI is InChI=1S/C30H35N3O5/c1-5-21(2)38-26-12-6-22(7-13-26)29(34)31-24-8-10-25(11-9-24)32-14-16-33(17-15-32)30(35)23-18-27(36-3)20-28(19-23)37-4/h6-13,18-21H,5,14-17H2,1-4H3,(H,31,34)/t21-/m1/s1. The minimum absolute atomic E-state index is 0.0422. The van der Waals surface area contributed by atoms with Crippen molar-refractivity contribution in [1.29, 1.82) is 0 Å². The Kier molecular flexibility index (Phi) is 8.73. The summed E-state index contributed by atoms with van der Waals surface area (Å²) in [6.07, 6.45) is 1.05. The van der Waals surface area contributed by atoms with Crippen molar-refractivity contribution >= 4 is 23.2 Å². The Bertz CT molecular complexity index is 1210. The van der Waals surface area contributed by atoms with Gasteiger partial charge in [-0.3, -0.25) is 9.59 Å². The first-order chi connectivity index (χ1) is 18.4. The molecule has 200 valence electrons. The SMILES string of the molecule is CC[C@@H](C)Oc1ccc(C(=O)Nc2ccc(N3CCN(C(=O)c4cc(OC)cc(OC)c4)CC3)cc2)cc1. The van der Waals surface area contributed by atoms with E-state index >= 15 is 0 Å². The maximum absolute atomic E-state index is 13.1. The normalized spacial score (nSPS) is 14.0. The second-order valence-electron chi connectivity index (χ2n) is 9.24. The topological polar surface area (TPSA) is 80.3 Å². The van der Waals surface area contributed by atoms with Crippen molar-refractivity contribution < 1.29 is 23.8 Å². The Morgan fingerprint density at radius 1 is 0.816 bits per heavy atom. The summed E-state index contributed by atoms with van der Waals surface area (Å²) in [5.74, 6) is 1.72. The highest BCUT2D eigenvalue weighted by Gasteiger charge is 2.23. The predicted molar refractivity (Wildman–Crippen MR) is 149 cm³/mol. The second kappa shape index (κ2) is 12.4. The molecule has 0 bridgehead atoms. The lowest BCUT2D eigenvalue weighted by Gasteiger charge is -2.36. The molecule has 4 rings (SSSR count). The van der Waals surface area contributed by atoms with E-state index in [1.807, 2.05) is 48.2 Å². The van der Waals surface area contributed by atoms with E-state index in [-0.39, 0.29) is 17.9 Å². The summed E-state index contributed by atoms with van der Waals surface area (Å²) in [4.78, 5) is 29.8. The number of ether oxygens (including phenoxy) is 3. The highest BCUT2D eigenvalue weighted by atomic mass is 16.5. The number of hydrogen-bond acceptors (Lipinski definition) is 6. The number of anilines is 2. The summed E-state index contributed by atoms with van der Waals surface area (Å²) < 4.78 is 16.4. The molecular weight excluding hydrogens is 482 g/mol. The van der Waals surface area contributed by atoms with Crippen LogP contribution >= 0.6 is 0 Å². The summed E-state index contributed by atoms with van der Waals surface area (Å²) in [5, 5.41) is 2.95. The third-order valence-electron chi connectivity index (χ3n) is 6.68. The van der Waals surface area contributed by atoms with Gasteiger partial charge in [-0.25, -0.2) is 0 Å². The van der Waals surface area contributed by atoms with Crippen molar-refractivity contribution in [1.82, 2.24) is 4.90 Å². The average Bonchev–Trinajstić information content (AvgIpc) is 2.97. The van der Waals surface area contributed by atoms with Crippen LogP contribution in [0.1, 0.15) is 41.0 Å². The number of benzene rings is 3. The maximum atomic E-state index is 13.1. The molecular formula is C30H35N3O5. The van der Waals surface area contributed by atoms with Gasteiger partial charge >= 0.3 is 0 Å². The quantitative estimate of drug-likeness (QED) is 0.426. The summed E-state index contributed by atoms with van der Waals surface area (Å²) in [7, 11) is 3.14. The van der Waals surface area contributed by atoms with E-state index in [9.17, 15) is 9.59 Å². The van der Waals surface area contributed by atoms with E-state index in [0.29, 0.717) is 48.8 Å². The molecule has 3 aromatic carbocycles. The molecule has 2 amide bonds. The highest BCUT2D eigenvalue weighted by molar-refractivity contribution is 6.04. The number of nitrogens with zero attached hydrogens (tertiary/aromatic N) is 2. The number of carbonyl (C=O) groups is 2. The molecule has 1 aliphatic rings. The zero-order valence-corrected chi connectivity index (χ0v) is 22.4. The van der Waals surface area contributed by atoms with Gasteiger partial charge in [0, 0.05) is 54.7 Å². The molecule has 0 unspecified atom stereocenters. The van der Waals surface area contributed by atoms with Gasteiger partial charge in [0.15, 0.2) is 0 Å². The third-order valence-corrected chi connectivity index (χ3v) is 6.68. The fourth-order valence-corrected chi connectivity index (χ4v) is 4.24. The Hall–Kier alpha value is -4.20. The van der Waals surface area contributed by atoms with E-state index < -0.39 is 0 Å². The molecule has 1 fully saturated rings. The molecule has 8 nitrogen and oxygen atoms in total. The van der Waals surface area contributed by atoms with Crippen LogP contribution in [0, 0.1) is 0 Å². The molecule has 0 radical (unpaired) electrons. The molecule has 0 aliphatic carbocycles. The minimum Gasteiger partial charge on any atom is -0.497 e. The van der Waals surface area contributed by atoms with Gasteiger partial charge in [-0.15, -0.1) is 0 Å². The summed E-state index contributed by atoms with van der Waals surface area (Å²) in [5.41, 5.74) is 2.89. The Balaban J connectivity index is 1.31. The van der Waals surface area contributed by atoms with E-state index in [1.165, 1.54) is 0 Å². The van der Waals surface area contributed by atoms with Crippen LogP contribution in [0.3, 0.4) is 0 Å². The van der Waals surface area contributed by atoms with Crippen molar-refractivity contribution in [3.05, 3.63) is 77.9 Å². The molecule has 3 aromatic rings. The smallest absolute Gasteiger partial charge is 0.255 e. The van der Waals surface area contributed by atoms with Crippen LogP contribution in [0.2, 0.25) is 0 Å². The number of carbonyl (C=O) groups excluding carboxylic acids is 2. The molecule has 1 atom stereocenters. The van der Waals surface area contributed by atoms with Gasteiger partial charge in [0.2, 0.25) is 0 Å². The van der Waals surface area contributed by atoms with Crippen LogP contribution in [0.4, 0.5) is 11.4 Å². The van der Waals surface area contributed by atoms with Gasteiger partial charge in [-0.2, -0.15) is 0 Å². The number of hydrogen-bond donors (Lipinski definition) is 1. The third kappa shape index (κ3) is 6.56. The van der Waals surface area contributed by atoms with Crippen LogP contribution in [-0.4, -0.2) is 63.2 Å². The summed E-state index contributed by atoms with van der Waals surface area (Å²) >= 11 is 0. The first kappa shape index (κ1) is 26.9. The van der Waals surface area contributed by atoms with Crippen LogP contribution < -0.4 is 24.4 Å². The zero-order valence-electron chi connectivity index (χ0n) is 22.4. The van der Waals surface area contributed by atoms with E-state index in [1.54, 1.807) is 44.6 Å². The first-order valence-electron chi connectivity index (χ1n) is 12.9. The van der Waals surface area contributed by atoms with Gasteiger partial charge in [0.1, 0.15) is 17.2 Å². The van der Waals surface area contributed by atoms with Crippen LogP contribution in [0.15, 0.2) is 66.7 Å². The van der Waals surface area contributed by atoms with E-state index in [2.05, 4.69) is 17.1 Å². The number of amides is 2. The van der Waals surface area contributed by atoms with Gasteiger partial charge in [0.25, 0.3) is 11.8 Å². The van der Waals surface area contributed by atoms with Gasteiger partial charge < -0.3 is 29.3 Å². The highest BCUT2D eigenvalue weighted by Crippen LogP contribution is 2.25. The van der Waals surface area contributed by atoms with E-state index in [4.69, 9.17) is 14.2 Å². The number of nitrogens with one attached hydrogen (secondary N) is 1. The van der Waals surface area contributed by atoms with Gasteiger partial charge in [-0.1, -0.05) is 6.92 Å². The molecule has 0 aromatic heterocycles. The van der Waals surface area contributed by atoms with Crippen molar-refractivity contribution in [2.75, 3.05) is 50.6 Å². The molecule has 0 spiro atoms. The molecule has 1 saturated heterocycles. The Morgan fingerprint density at radius 3 is 1.97 bits per heavy atom. The fourth-order valence-electron chi connectivity index (χ4n) is 4.24. The van der Waals surface area contributed by atoms with E-state index in [0.717, 1.165) is 23.5 Å². The van der Waals surface area contributed by atoms with Crippen molar-refractivity contribution in [2.45, 2.75) is 26.4 Å². The molecule has 1 aliphatic heterocycles. The minimum atomic E-state index is -0.172. The molecule has 8 heteroatoms. The monoisotopic (exact) mass is 517 g/mol. The van der Waals surface area contributed by atoms with Crippen LogP contribution in [0.5, 0.6) is 17.2 Å². The number of rotatable bonds is 9. The second-order valence-corrected chi connectivity index (χ2v) is 9.24. The summed E-state index contributed by atoms with van der Waals surface area (Å²) in [6, 6.07) is 20.2. The van der Waals surface area contributed by atoms with Crippen LogP contribution in [-0.2, 0) is 0 Å². The van der Waals surface area contributed by atoms with Crippen LogP contribution in [0.25, 0.3) is 0 Å². The Labute approximate surface area is 224 Å². The fraction of sp³-hybridized carbons (Fsp3) is 0.333. The molecule has 1 N–H and O–H groups in total. The maximum Gasteiger partial charge on any atom is 0.255 e. The van der Waals surface area contributed by atoms with Crippen molar-refractivity contribution in [3.8, 4) is 17.2 Å². The predicted octanol–water partition coefficient (Wildman–Crippen LogP) is 5.10. The molecule has 1 heterocycles. The molecule has 38 heavy (non-hydrogen) atoms. The Morgan fingerprint density at radius 2 is 1.42 bits per heavy atom. The average molecular weight is 518 g/mol. The first-order valence-corrected chi connectivity index (χ1v) is 12.9. The lowest BCUT2D eigenvalue weighted by atomic mass is 10.1.